The highest BCUT2D eigenvalue weighted by Gasteiger charge is 2.30. The standard InChI is InChI=1S/C61H118O17P2/c1-51(2)37-29-21-13-10-9-11-15-25-33-41-58(63)71-47-56(77-60(65)43-35-27-16-12-14-22-30-38-52(3)4)49-75-79(67,68)73-45-55(62)46-74-80(69,70)76-50-57(78-61(66)44-36-28-20-18-24-32-40-54(7)8)48-72-59(64)42-34-26-19-17-23-31-39-53(5)6/h51-57,62H,9-50H2,1-8H3,(H,67,68)(H,69,70)/t55-,56-,57-/m1/s1. The minimum absolute atomic E-state index is 0.100. The highest BCUT2D eigenvalue weighted by Crippen LogP contribution is 2.45. The molecule has 5 atom stereocenters. The zero-order valence-corrected chi connectivity index (χ0v) is 53.5. The number of phosphoric acid groups is 2. The van der Waals surface area contributed by atoms with Gasteiger partial charge in [0.15, 0.2) is 12.2 Å². The Balaban J connectivity index is 5.24. The molecule has 474 valence electrons. The Labute approximate surface area is 486 Å². The summed E-state index contributed by atoms with van der Waals surface area (Å²) in [6.45, 7) is 13.8. The Morgan fingerprint density at radius 3 is 0.775 bits per heavy atom. The monoisotopic (exact) mass is 1180 g/mol. The van der Waals surface area contributed by atoms with Crippen molar-refractivity contribution >= 4 is 39.5 Å². The van der Waals surface area contributed by atoms with Gasteiger partial charge in [0.1, 0.15) is 19.3 Å². The molecule has 0 aromatic heterocycles. The van der Waals surface area contributed by atoms with Crippen molar-refractivity contribution in [1.82, 2.24) is 0 Å². The molecule has 0 saturated carbocycles. The lowest BCUT2D eigenvalue weighted by Crippen LogP contribution is -2.30. The molecule has 0 fully saturated rings. The van der Waals surface area contributed by atoms with Gasteiger partial charge in [0.05, 0.1) is 26.4 Å². The fourth-order valence-corrected chi connectivity index (χ4v) is 10.5. The van der Waals surface area contributed by atoms with Crippen LogP contribution in [0.5, 0.6) is 0 Å². The van der Waals surface area contributed by atoms with Crippen molar-refractivity contribution in [3.63, 3.8) is 0 Å². The summed E-state index contributed by atoms with van der Waals surface area (Å²) >= 11 is 0. The highest BCUT2D eigenvalue weighted by atomic mass is 31.2. The normalized spacial score (nSPS) is 14.5. The average molecular weight is 1190 g/mol. The maximum Gasteiger partial charge on any atom is 0.472 e. The van der Waals surface area contributed by atoms with Gasteiger partial charge in [0, 0.05) is 25.7 Å². The third-order valence-corrected chi connectivity index (χ3v) is 15.7. The molecule has 2 unspecified atom stereocenters. The number of esters is 4. The molecular formula is C61H118O17P2. The third-order valence-electron chi connectivity index (χ3n) is 13.8. The van der Waals surface area contributed by atoms with Crippen LogP contribution in [0.3, 0.4) is 0 Å². The van der Waals surface area contributed by atoms with Crippen LogP contribution >= 0.6 is 15.6 Å². The van der Waals surface area contributed by atoms with E-state index in [-0.39, 0.29) is 25.7 Å². The molecule has 0 spiro atoms. The Morgan fingerprint density at radius 2 is 0.525 bits per heavy atom. The summed E-state index contributed by atoms with van der Waals surface area (Å²) in [6, 6.07) is 0. The molecule has 80 heavy (non-hydrogen) atoms. The second-order valence-corrected chi connectivity index (χ2v) is 26.9. The predicted octanol–water partition coefficient (Wildman–Crippen LogP) is 16.2. The van der Waals surface area contributed by atoms with Crippen molar-refractivity contribution < 1.29 is 80.2 Å². The largest absolute Gasteiger partial charge is 0.472 e. The van der Waals surface area contributed by atoms with Crippen LogP contribution in [-0.2, 0) is 65.4 Å². The van der Waals surface area contributed by atoms with Crippen LogP contribution in [0.4, 0.5) is 0 Å². The van der Waals surface area contributed by atoms with Gasteiger partial charge in [-0.1, -0.05) is 235 Å². The Morgan fingerprint density at radius 1 is 0.312 bits per heavy atom. The number of aliphatic hydroxyl groups excluding tert-OH is 1. The highest BCUT2D eigenvalue weighted by molar-refractivity contribution is 7.47. The Kier molecular flexibility index (Phi) is 50.2. The summed E-state index contributed by atoms with van der Waals surface area (Å²) < 4.78 is 67.8. The van der Waals surface area contributed by atoms with E-state index in [1.54, 1.807) is 0 Å². The first-order valence-corrected chi connectivity index (χ1v) is 34.7. The summed E-state index contributed by atoms with van der Waals surface area (Å²) in [5, 5.41) is 10.5. The van der Waals surface area contributed by atoms with E-state index >= 15 is 0 Å². The second-order valence-electron chi connectivity index (χ2n) is 24.0. The quantitative estimate of drug-likeness (QED) is 0.0222. The third kappa shape index (κ3) is 55.3. The number of hydrogen-bond donors (Lipinski definition) is 3. The van der Waals surface area contributed by atoms with E-state index in [1.165, 1.54) is 83.5 Å². The van der Waals surface area contributed by atoms with Crippen LogP contribution in [0.15, 0.2) is 0 Å². The average Bonchev–Trinajstić information content (AvgIpc) is 3.39. The Hall–Kier alpha value is -1.94. The lowest BCUT2D eigenvalue weighted by atomic mass is 10.0. The van der Waals surface area contributed by atoms with Crippen molar-refractivity contribution in [3.05, 3.63) is 0 Å². The first-order valence-electron chi connectivity index (χ1n) is 31.7. The predicted molar refractivity (Wildman–Crippen MR) is 317 cm³/mol. The smallest absolute Gasteiger partial charge is 0.462 e. The first kappa shape index (κ1) is 78.1. The number of aliphatic hydroxyl groups is 1. The van der Waals surface area contributed by atoms with E-state index in [9.17, 15) is 43.2 Å². The van der Waals surface area contributed by atoms with E-state index in [0.717, 1.165) is 102 Å². The van der Waals surface area contributed by atoms with Gasteiger partial charge >= 0.3 is 39.5 Å². The van der Waals surface area contributed by atoms with Gasteiger partial charge in [0.25, 0.3) is 0 Å². The van der Waals surface area contributed by atoms with Crippen molar-refractivity contribution in [2.24, 2.45) is 23.7 Å². The van der Waals surface area contributed by atoms with Gasteiger partial charge in [-0.3, -0.25) is 37.3 Å². The van der Waals surface area contributed by atoms with Crippen molar-refractivity contribution in [1.29, 1.82) is 0 Å². The zero-order chi connectivity index (χ0) is 59.7. The van der Waals surface area contributed by atoms with Crippen molar-refractivity contribution in [2.75, 3.05) is 39.6 Å². The minimum atomic E-state index is -4.94. The molecule has 19 heteroatoms. The van der Waals surface area contributed by atoms with Crippen LogP contribution in [0.2, 0.25) is 0 Å². The van der Waals surface area contributed by atoms with Crippen LogP contribution in [0.25, 0.3) is 0 Å². The second kappa shape index (κ2) is 51.5. The van der Waals surface area contributed by atoms with Crippen molar-refractivity contribution in [3.8, 4) is 0 Å². The number of ether oxygens (including phenoxy) is 4. The zero-order valence-electron chi connectivity index (χ0n) is 51.7. The number of hydrogen-bond acceptors (Lipinski definition) is 15. The number of unbranched alkanes of at least 4 members (excludes halogenated alkanes) is 24. The van der Waals surface area contributed by atoms with Gasteiger partial charge in [-0.25, -0.2) is 9.13 Å². The molecule has 17 nitrogen and oxygen atoms in total. The molecule has 3 N–H and O–H groups in total. The SMILES string of the molecule is CC(C)CCCCCCCCCCCC(=O)OC[C@H](COP(=O)(O)OC[C@@H](O)COP(=O)(O)OC[C@@H](COC(=O)CCCCCCCCC(C)C)OC(=O)CCCCCCCCC(C)C)OC(=O)CCCCCCCCCC(C)C. The molecule has 0 rings (SSSR count). The van der Waals surface area contributed by atoms with E-state index in [4.69, 9.17) is 37.0 Å². The maximum atomic E-state index is 12.9. The molecule has 0 aromatic carbocycles. The summed E-state index contributed by atoms with van der Waals surface area (Å²) in [4.78, 5) is 72.0. The lowest BCUT2D eigenvalue weighted by Gasteiger charge is -2.21. The first-order chi connectivity index (χ1) is 38.1. The molecule has 0 aliphatic carbocycles. The molecule has 0 aromatic rings. The number of phosphoric ester groups is 2. The maximum absolute atomic E-state index is 12.9. The molecule has 0 radical (unpaired) electrons. The lowest BCUT2D eigenvalue weighted by molar-refractivity contribution is -0.161. The Bertz CT molecular complexity index is 1610. The summed E-state index contributed by atoms with van der Waals surface area (Å²) in [6.07, 6.45) is 29.8. The molecule has 0 aliphatic heterocycles. The topological polar surface area (TPSA) is 237 Å². The fraction of sp³-hybridized carbons (Fsp3) is 0.934. The van der Waals surface area contributed by atoms with Gasteiger partial charge in [-0.05, 0) is 49.4 Å². The number of carbonyl (C=O) groups excluding carboxylic acids is 4. The van der Waals surface area contributed by atoms with E-state index in [0.29, 0.717) is 43.4 Å². The molecule has 0 aliphatic rings. The number of rotatable bonds is 58. The van der Waals surface area contributed by atoms with Gasteiger partial charge in [-0.2, -0.15) is 0 Å². The minimum Gasteiger partial charge on any atom is -0.462 e. The summed E-state index contributed by atoms with van der Waals surface area (Å²) in [7, 11) is -9.88. The van der Waals surface area contributed by atoms with Crippen molar-refractivity contribution in [2.45, 2.75) is 305 Å². The molecule has 0 amide bonds. The van der Waals surface area contributed by atoms with Crippen LogP contribution in [-0.4, -0.2) is 96.7 Å². The van der Waals surface area contributed by atoms with Crippen LogP contribution in [0, 0.1) is 23.7 Å². The fourth-order valence-electron chi connectivity index (χ4n) is 8.90. The molecule has 0 heterocycles. The van der Waals surface area contributed by atoms with E-state index in [2.05, 4.69) is 55.4 Å². The van der Waals surface area contributed by atoms with Crippen LogP contribution < -0.4 is 0 Å². The summed E-state index contributed by atoms with van der Waals surface area (Å²) in [5.74, 6) is 0.638. The molecular weight excluding hydrogens is 1070 g/mol. The number of carbonyl (C=O) groups is 4. The molecule has 0 saturated heterocycles. The molecule has 0 bridgehead atoms. The van der Waals surface area contributed by atoms with E-state index < -0.39 is 97.5 Å². The van der Waals surface area contributed by atoms with Gasteiger partial charge in [-0.15, -0.1) is 0 Å². The van der Waals surface area contributed by atoms with Crippen LogP contribution in [0.1, 0.15) is 287 Å². The van der Waals surface area contributed by atoms with Gasteiger partial charge in [0.2, 0.25) is 0 Å². The van der Waals surface area contributed by atoms with Gasteiger partial charge < -0.3 is 33.8 Å². The summed E-state index contributed by atoms with van der Waals surface area (Å²) in [5.41, 5.74) is 0. The van der Waals surface area contributed by atoms with E-state index in [1.807, 2.05) is 0 Å².